The Kier molecular flexibility index (Phi) is 3.49. The largest absolute Gasteiger partial charge is 0.417 e. The molecule has 7 heteroatoms. The molecule has 4 rings (SSSR count). The molecule has 3 aromatic rings. The van der Waals surface area contributed by atoms with E-state index in [1.165, 1.54) is 18.3 Å². The van der Waals surface area contributed by atoms with Gasteiger partial charge < -0.3 is 9.47 Å². The molecule has 0 aliphatic carbocycles. The minimum atomic E-state index is -4.42. The fourth-order valence-electron chi connectivity index (χ4n) is 3.53. The number of nitrogens with zero attached hydrogens (tertiary/aromatic N) is 3. The molecule has 3 nitrogen and oxygen atoms in total. The molecule has 0 saturated heterocycles. The quantitative estimate of drug-likeness (QED) is 0.611. The standard InChI is InChI=1S/C18H15F4N3/c1-24-16-3-2-12(19)7-14(16)15-10-25(5-4-17(15)24)13-6-11(8-23-9-13)18(20,21)22/h2-3,6-9H,4-5,10H2,1H3. The van der Waals surface area contributed by atoms with Crippen molar-refractivity contribution in [2.75, 3.05) is 11.4 Å². The maximum Gasteiger partial charge on any atom is 0.417 e. The van der Waals surface area contributed by atoms with Crippen LogP contribution in [0.4, 0.5) is 23.2 Å². The van der Waals surface area contributed by atoms with Crippen LogP contribution >= 0.6 is 0 Å². The van der Waals surface area contributed by atoms with Gasteiger partial charge in [0.1, 0.15) is 5.82 Å². The van der Waals surface area contributed by atoms with Gasteiger partial charge in [-0.15, -0.1) is 0 Å². The van der Waals surface area contributed by atoms with Gasteiger partial charge in [-0.1, -0.05) is 0 Å². The van der Waals surface area contributed by atoms with Gasteiger partial charge in [-0.3, -0.25) is 4.98 Å². The first kappa shape index (κ1) is 15.9. The number of rotatable bonds is 1. The summed E-state index contributed by atoms with van der Waals surface area (Å²) in [5.74, 6) is -0.321. The smallest absolute Gasteiger partial charge is 0.365 e. The van der Waals surface area contributed by atoms with E-state index in [1.54, 1.807) is 6.07 Å². The molecule has 0 unspecified atom stereocenters. The topological polar surface area (TPSA) is 21.1 Å². The monoisotopic (exact) mass is 349 g/mol. The van der Waals surface area contributed by atoms with Crippen LogP contribution in [-0.4, -0.2) is 16.1 Å². The maximum absolute atomic E-state index is 13.7. The molecule has 2 aromatic heterocycles. The summed E-state index contributed by atoms with van der Waals surface area (Å²) in [6, 6.07) is 5.76. The predicted molar refractivity (Wildman–Crippen MR) is 86.9 cm³/mol. The summed E-state index contributed by atoms with van der Waals surface area (Å²) in [6.07, 6.45) is -1.48. The predicted octanol–water partition coefficient (Wildman–Crippen LogP) is 4.29. The molecule has 0 spiro atoms. The fourth-order valence-corrected chi connectivity index (χ4v) is 3.53. The number of aromatic nitrogens is 2. The van der Waals surface area contributed by atoms with E-state index in [1.807, 2.05) is 16.5 Å². The Bertz CT molecular complexity index is 959. The normalized spacial score (nSPS) is 14.8. The van der Waals surface area contributed by atoms with Crippen LogP contribution in [0.2, 0.25) is 0 Å². The molecule has 0 saturated carbocycles. The molecule has 1 aliphatic heterocycles. The van der Waals surface area contributed by atoms with Gasteiger partial charge in [-0.05, 0) is 24.3 Å². The molecule has 0 bridgehead atoms. The summed E-state index contributed by atoms with van der Waals surface area (Å²) in [5.41, 5.74) is 2.64. The summed E-state index contributed by atoms with van der Waals surface area (Å²) < 4.78 is 54.5. The van der Waals surface area contributed by atoms with Crippen molar-refractivity contribution in [3.8, 4) is 0 Å². The van der Waals surface area contributed by atoms with E-state index >= 15 is 0 Å². The number of anilines is 1. The zero-order valence-corrected chi connectivity index (χ0v) is 13.4. The molecule has 0 amide bonds. The van der Waals surface area contributed by atoms with Crippen LogP contribution in [0.1, 0.15) is 16.8 Å². The van der Waals surface area contributed by atoms with E-state index in [9.17, 15) is 17.6 Å². The van der Waals surface area contributed by atoms with Crippen LogP contribution in [-0.2, 0) is 26.2 Å². The van der Waals surface area contributed by atoms with Crippen molar-refractivity contribution in [2.24, 2.45) is 7.05 Å². The minimum Gasteiger partial charge on any atom is -0.365 e. The Morgan fingerprint density at radius 1 is 1.12 bits per heavy atom. The Labute approximate surface area is 141 Å². The first-order chi connectivity index (χ1) is 11.8. The third kappa shape index (κ3) is 2.63. The molecule has 3 heterocycles. The number of benzene rings is 1. The lowest BCUT2D eigenvalue weighted by Gasteiger charge is -2.30. The Morgan fingerprint density at radius 2 is 1.92 bits per heavy atom. The van der Waals surface area contributed by atoms with Crippen molar-refractivity contribution < 1.29 is 17.6 Å². The molecule has 25 heavy (non-hydrogen) atoms. The van der Waals surface area contributed by atoms with Gasteiger partial charge in [0.15, 0.2) is 0 Å². The molecule has 1 aromatic carbocycles. The van der Waals surface area contributed by atoms with Gasteiger partial charge in [-0.25, -0.2) is 4.39 Å². The average molecular weight is 349 g/mol. The molecular weight excluding hydrogens is 334 g/mol. The van der Waals surface area contributed by atoms with E-state index in [0.717, 1.165) is 34.4 Å². The molecule has 0 atom stereocenters. The third-order valence-electron chi connectivity index (χ3n) is 4.78. The van der Waals surface area contributed by atoms with E-state index in [4.69, 9.17) is 0 Å². The molecular formula is C18H15F4N3. The summed E-state index contributed by atoms with van der Waals surface area (Å²) in [5, 5.41) is 0.808. The van der Waals surface area contributed by atoms with Crippen molar-refractivity contribution >= 4 is 16.6 Å². The van der Waals surface area contributed by atoms with Crippen LogP contribution in [0.25, 0.3) is 10.9 Å². The summed E-state index contributed by atoms with van der Waals surface area (Å²) in [6.45, 7) is 1.02. The highest BCUT2D eigenvalue weighted by Gasteiger charge is 2.32. The SMILES string of the molecule is Cn1c2c(c3cc(F)ccc31)CN(c1cncc(C(F)(F)F)c1)CC2. The lowest BCUT2D eigenvalue weighted by Crippen LogP contribution is -2.31. The van der Waals surface area contributed by atoms with Crippen LogP contribution in [0.5, 0.6) is 0 Å². The molecule has 1 aliphatic rings. The number of pyridine rings is 1. The van der Waals surface area contributed by atoms with Gasteiger partial charge in [0, 0.05) is 54.9 Å². The number of alkyl halides is 3. The van der Waals surface area contributed by atoms with E-state index in [0.29, 0.717) is 25.2 Å². The second kappa shape index (κ2) is 5.47. The first-order valence-electron chi connectivity index (χ1n) is 7.87. The number of halogens is 4. The summed E-state index contributed by atoms with van der Waals surface area (Å²) in [7, 11) is 1.93. The first-order valence-corrected chi connectivity index (χ1v) is 7.87. The number of fused-ring (bicyclic) bond motifs is 3. The molecule has 0 N–H and O–H groups in total. The maximum atomic E-state index is 13.7. The fraction of sp³-hybridized carbons (Fsp3) is 0.278. The Hall–Kier alpha value is -2.57. The average Bonchev–Trinajstić information content (AvgIpc) is 2.86. The Balaban J connectivity index is 1.75. The van der Waals surface area contributed by atoms with Crippen LogP contribution in [0, 0.1) is 5.82 Å². The zero-order valence-electron chi connectivity index (χ0n) is 13.4. The van der Waals surface area contributed by atoms with Crippen molar-refractivity contribution in [1.82, 2.24) is 9.55 Å². The second-order valence-electron chi connectivity index (χ2n) is 6.25. The van der Waals surface area contributed by atoms with E-state index < -0.39 is 11.7 Å². The lowest BCUT2D eigenvalue weighted by atomic mass is 10.0. The summed E-state index contributed by atoms with van der Waals surface area (Å²) in [4.78, 5) is 5.59. The van der Waals surface area contributed by atoms with Crippen molar-refractivity contribution in [3.05, 3.63) is 59.3 Å². The summed E-state index contributed by atoms with van der Waals surface area (Å²) >= 11 is 0. The highest BCUT2D eigenvalue weighted by Crippen LogP contribution is 2.35. The third-order valence-corrected chi connectivity index (χ3v) is 4.78. The van der Waals surface area contributed by atoms with Crippen LogP contribution in [0.3, 0.4) is 0 Å². The number of aryl methyl sites for hydroxylation is 1. The van der Waals surface area contributed by atoms with Crippen LogP contribution in [0.15, 0.2) is 36.7 Å². The Morgan fingerprint density at radius 3 is 2.68 bits per heavy atom. The number of hydrogen-bond acceptors (Lipinski definition) is 2. The van der Waals surface area contributed by atoms with E-state index in [-0.39, 0.29) is 5.82 Å². The van der Waals surface area contributed by atoms with Gasteiger partial charge in [0.25, 0.3) is 0 Å². The second-order valence-corrected chi connectivity index (χ2v) is 6.25. The molecule has 0 fully saturated rings. The highest BCUT2D eigenvalue weighted by molar-refractivity contribution is 5.86. The van der Waals surface area contributed by atoms with Gasteiger partial charge in [0.05, 0.1) is 17.4 Å². The van der Waals surface area contributed by atoms with Crippen molar-refractivity contribution in [1.29, 1.82) is 0 Å². The van der Waals surface area contributed by atoms with Crippen molar-refractivity contribution in [2.45, 2.75) is 19.1 Å². The minimum absolute atomic E-state index is 0.321. The highest BCUT2D eigenvalue weighted by atomic mass is 19.4. The number of hydrogen-bond donors (Lipinski definition) is 0. The van der Waals surface area contributed by atoms with Crippen LogP contribution < -0.4 is 4.90 Å². The molecule has 0 radical (unpaired) electrons. The van der Waals surface area contributed by atoms with E-state index in [2.05, 4.69) is 4.98 Å². The van der Waals surface area contributed by atoms with Gasteiger partial charge in [0.2, 0.25) is 0 Å². The van der Waals surface area contributed by atoms with Crippen molar-refractivity contribution in [3.63, 3.8) is 0 Å². The van der Waals surface area contributed by atoms with Gasteiger partial charge >= 0.3 is 6.18 Å². The molecule has 130 valence electrons. The lowest BCUT2D eigenvalue weighted by molar-refractivity contribution is -0.137. The zero-order chi connectivity index (χ0) is 17.8. The van der Waals surface area contributed by atoms with Gasteiger partial charge in [-0.2, -0.15) is 13.2 Å².